The van der Waals surface area contributed by atoms with Crippen LogP contribution < -0.4 is 5.32 Å². The number of nitrogens with one attached hydrogen (secondary N) is 1. The van der Waals surface area contributed by atoms with Crippen molar-refractivity contribution in [3.63, 3.8) is 0 Å². The quantitative estimate of drug-likeness (QED) is 0.862. The average molecular weight is 306 g/mol. The number of amides is 1. The van der Waals surface area contributed by atoms with E-state index >= 15 is 0 Å². The molecule has 0 radical (unpaired) electrons. The molecule has 5 heteroatoms. The third-order valence-corrected chi connectivity index (χ3v) is 3.84. The molecule has 1 aromatic carbocycles. The van der Waals surface area contributed by atoms with Crippen molar-refractivity contribution in [2.75, 3.05) is 26.7 Å². The zero-order valence-corrected chi connectivity index (χ0v) is 13.6. The summed E-state index contributed by atoms with van der Waals surface area (Å²) in [6.45, 7) is 5.23. The summed E-state index contributed by atoms with van der Waals surface area (Å²) in [4.78, 5) is 14.1. The molecule has 2 atom stereocenters. The first-order valence-corrected chi connectivity index (χ1v) is 7.73. The van der Waals surface area contributed by atoms with Crippen LogP contribution in [0.5, 0.6) is 0 Å². The molecule has 2 N–H and O–H groups in total. The van der Waals surface area contributed by atoms with Crippen molar-refractivity contribution >= 4 is 5.91 Å². The van der Waals surface area contributed by atoms with Gasteiger partial charge in [-0.1, -0.05) is 30.3 Å². The monoisotopic (exact) mass is 306 g/mol. The number of likely N-dealkylation sites (N-methyl/N-ethyl adjacent to an activating group) is 1. The predicted octanol–water partition coefficient (Wildman–Crippen LogP) is 1.34. The number of rotatable bonds is 5. The van der Waals surface area contributed by atoms with Crippen molar-refractivity contribution in [3.8, 4) is 0 Å². The first-order chi connectivity index (χ1) is 10.4. The molecule has 0 spiro atoms. The number of benzene rings is 1. The Morgan fingerprint density at radius 1 is 1.41 bits per heavy atom. The van der Waals surface area contributed by atoms with E-state index in [9.17, 15) is 9.90 Å². The molecule has 1 fully saturated rings. The molecule has 22 heavy (non-hydrogen) atoms. The highest BCUT2D eigenvalue weighted by atomic mass is 16.5. The van der Waals surface area contributed by atoms with E-state index in [-0.39, 0.29) is 24.5 Å². The zero-order valence-electron chi connectivity index (χ0n) is 13.6. The minimum atomic E-state index is -0.993. The molecule has 1 amide bonds. The minimum absolute atomic E-state index is 0.0889. The second kappa shape index (κ2) is 7.22. The first-order valence-electron chi connectivity index (χ1n) is 7.73. The predicted molar refractivity (Wildman–Crippen MR) is 85.5 cm³/mol. The highest BCUT2D eigenvalue weighted by Crippen LogP contribution is 2.27. The molecule has 0 saturated carbocycles. The van der Waals surface area contributed by atoms with Crippen LogP contribution in [-0.2, 0) is 9.53 Å². The molecule has 0 bridgehead atoms. The molecule has 1 aromatic rings. The van der Waals surface area contributed by atoms with Gasteiger partial charge in [-0.3, -0.25) is 9.69 Å². The van der Waals surface area contributed by atoms with Crippen LogP contribution >= 0.6 is 0 Å². The molecule has 1 saturated heterocycles. The van der Waals surface area contributed by atoms with Crippen molar-refractivity contribution in [2.24, 2.45) is 0 Å². The Kier molecular flexibility index (Phi) is 5.56. The van der Waals surface area contributed by atoms with Crippen molar-refractivity contribution in [1.29, 1.82) is 0 Å². The normalized spacial score (nSPS) is 23.3. The van der Waals surface area contributed by atoms with Crippen molar-refractivity contribution in [1.82, 2.24) is 10.2 Å². The van der Waals surface area contributed by atoms with Crippen molar-refractivity contribution < 1.29 is 14.6 Å². The summed E-state index contributed by atoms with van der Waals surface area (Å²) in [7, 11) is 2.08. The van der Waals surface area contributed by atoms with Gasteiger partial charge in [0.25, 0.3) is 0 Å². The van der Waals surface area contributed by atoms with E-state index in [1.807, 2.05) is 18.2 Å². The number of aliphatic hydroxyl groups is 1. The van der Waals surface area contributed by atoms with Crippen molar-refractivity contribution in [2.45, 2.75) is 38.0 Å². The van der Waals surface area contributed by atoms with E-state index < -0.39 is 5.60 Å². The Morgan fingerprint density at radius 3 is 2.73 bits per heavy atom. The van der Waals surface area contributed by atoms with Gasteiger partial charge in [0, 0.05) is 13.1 Å². The highest BCUT2D eigenvalue weighted by molar-refractivity contribution is 5.76. The van der Waals surface area contributed by atoms with Gasteiger partial charge in [0.2, 0.25) is 5.91 Å². The number of hydrogen-bond acceptors (Lipinski definition) is 4. The molecule has 1 aliphatic heterocycles. The molecule has 5 nitrogen and oxygen atoms in total. The van der Waals surface area contributed by atoms with Gasteiger partial charge in [-0.05, 0) is 26.5 Å². The van der Waals surface area contributed by atoms with Gasteiger partial charge < -0.3 is 15.2 Å². The fourth-order valence-electron chi connectivity index (χ4n) is 2.82. The van der Waals surface area contributed by atoms with Crippen molar-refractivity contribution in [3.05, 3.63) is 35.9 Å². The fourth-order valence-corrected chi connectivity index (χ4v) is 2.82. The third-order valence-electron chi connectivity index (χ3n) is 3.84. The molecular weight excluding hydrogens is 280 g/mol. The van der Waals surface area contributed by atoms with E-state index in [0.717, 1.165) is 6.54 Å². The maximum absolute atomic E-state index is 11.9. The minimum Gasteiger partial charge on any atom is -0.390 e. The lowest BCUT2D eigenvalue weighted by Gasteiger charge is -2.39. The summed E-state index contributed by atoms with van der Waals surface area (Å²) in [5, 5.41) is 12.6. The Hall–Kier alpha value is -1.43. The van der Waals surface area contributed by atoms with Crippen LogP contribution in [-0.4, -0.2) is 54.4 Å². The summed E-state index contributed by atoms with van der Waals surface area (Å²) in [6.07, 6.45) is -0.00198. The van der Waals surface area contributed by atoms with Crippen LogP contribution in [0.25, 0.3) is 0 Å². The Morgan fingerprint density at radius 2 is 2.09 bits per heavy atom. The molecule has 0 aromatic heterocycles. The van der Waals surface area contributed by atoms with Crippen LogP contribution in [0.15, 0.2) is 30.3 Å². The number of morpholine rings is 1. The highest BCUT2D eigenvalue weighted by Gasteiger charge is 2.31. The van der Waals surface area contributed by atoms with Crippen LogP contribution in [0, 0.1) is 0 Å². The smallest absolute Gasteiger partial charge is 0.222 e. The van der Waals surface area contributed by atoms with Crippen LogP contribution in [0.4, 0.5) is 0 Å². The van der Waals surface area contributed by atoms with Gasteiger partial charge in [0.1, 0.15) is 0 Å². The van der Waals surface area contributed by atoms with Crippen LogP contribution in [0.3, 0.4) is 0 Å². The first kappa shape index (κ1) is 16.9. The lowest BCUT2D eigenvalue weighted by Crippen LogP contribution is -2.48. The summed E-state index contributed by atoms with van der Waals surface area (Å²) in [5.74, 6) is -0.156. The van der Waals surface area contributed by atoms with E-state index in [2.05, 4.69) is 29.4 Å². The van der Waals surface area contributed by atoms with Gasteiger partial charge in [0.05, 0.1) is 30.8 Å². The molecule has 0 unspecified atom stereocenters. The summed E-state index contributed by atoms with van der Waals surface area (Å²) in [6, 6.07) is 10.3. The number of hydrogen-bond donors (Lipinski definition) is 2. The Labute approximate surface area is 132 Å². The van der Waals surface area contributed by atoms with E-state index in [1.165, 1.54) is 5.56 Å². The van der Waals surface area contributed by atoms with Crippen LogP contribution in [0.1, 0.15) is 31.9 Å². The largest absolute Gasteiger partial charge is 0.390 e. The van der Waals surface area contributed by atoms with E-state index in [4.69, 9.17) is 4.74 Å². The maximum Gasteiger partial charge on any atom is 0.222 e. The molecular formula is C17H26N2O3. The molecule has 122 valence electrons. The second-order valence-electron chi connectivity index (χ2n) is 6.54. The number of carbonyl (C=O) groups excluding carboxylic acids is 1. The third kappa shape index (κ3) is 4.80. The Balaban J connectivity index is 2.00. The van der Waals surface area contributed by atoms with Crippen LogP contribution in [0.2, 0.25) is 0 Å². The summed E-state index contributed by atoms with van der Waals surface area (Å²) in [5.41, 5.74) is 0.194. The number of carbonyl (C=O) groups is 1. The zero-order chi connectivity index (χ0) is 16.2. The number of nitrogens with zero attached hydrogens (tertiary/aromatic N) is 1. The molecule has 1 heterocycles. The summed E-state index contributed by atoms with van der Waals surface area (Å²) < 4.78 is 5.88. The Bertz CT molecular complexity index is 484. The lowest BCUT2D eigenvalue weighted by atomic mass is 9.98. The van der Waals surface area contributed by atoms with E-state index in [0.29, 0.717) is 13.2 Å². The topological polar surface area (TPSA) is 61.8 Å². The maximum atomic E-state index is 11.9. The average Bonchev–Trinajstić information content (AvgIpc) is 2.44. The standard InChI is InChI=1S/C17H26N2O3/c1-17(2,21)11-15(20)18-12-14-16(19(3)9-10-22-14)13-7-5-4-6-8-13/h4-8,14,16,21H,9-12H2,1-3H3,(H,18,20)/t14-,16-/m0/s1. The van der Waals surface area contributed by atoms with Gasteiger partial charge in [-0.15, -0.1) is 0 Å². The number of ether oxygens (including phenoxy) is 1. The lowest BCUT2D eigenvalue weighted by molar-refractivity contribution is -0.126. The van der Waals surface area contributed by atoms with Gasteiger partial charge in [0.15, 0.2) is 0 Å². The van der Waals surface area contributed by atoms with Gasteiger partial charge in [-0.25, -0.2) is 0 Å². The molecule has 1 aliphatic rings. The second-order valence-corrected chi connectivity index (χ2v) is 6.54. The molecule has 2 rings (SSSR count). The summed E-state index contributed by atoms with van der Waals surface area (Å²) >= 11 is 0. The van der Waals surface area contributed by atoms with E-state index in [1.54, 1.807) is 13.8 Å². The van der Waals surface area contributed by atoms with Gasteiger partial charge >= 0.3 is 0 Å². The fraction of sp³-hybridized carbons (Fsp3) is 0.588. The van der Waals surface area contributed by atoms with Gasteiger partial charge in [-0.2, -0.15) is 0 Å². The molecule has 0 aliphatic carbocycles. The SMILES string of the molecule is CN1CCO[C@@H](CNC(=O)CC(C)(C)O)[C@@H]1c1ccccc1.